The second-order valence-electron chi connectivity index (χ2n) is 5.97. The Kier molecular flexibility index (Phi) is 6.87. The molecule has 1 aromatic heterocycles. The summed E-state index contributed by atoms with van der Waals surface area (Å²) in [4.78, 5) is 30.0. The lowest BCUT2D eigenvalue weighted by molar-refractivity contribution is -0.140. The van der Waals surface area contributed by atoms with Crippen molar-refractivity contribution in [2.45, 2.75) is 44.6 Å². The number of anilines is 1. The molecule has 0 unspecified atom stereocenters. The Morgan fingerprint density at radius 2 is 2.00 bits per heavy atom. The highest BCUT2D eigenvalue weighted by molar-refractivity contribution is 7.99. The van der Waals surface area contributed by atoms with Crippen molar-refractivity contribution in [3.05, 3.63) is 17.8 Å². The Morgan fingerprint density at radius 3 is 2.57 bits per heavy atom. The molecule has 0 aliphatic carbocycles. The lowest BCUT2D eigenvalue weighted by Gasteiger charge is -2.25. The number of thioether (sulfide) groups is 1. The van der Waals surface area contributed by atoms with E-state index in [9.17, 15) is 9.59 Å². The van der Waals surface area contributed by atoms with E-state index in [2.05, 4.69) is 9.72 Å². The third-order valence-corrected chi connectivity index (χ3v) is 4.07. The SMILES string of the molecule is COC(=O)CCSc1ccnc(N(C)C(=O)OC(C)(C)C)c1C. The second-order valence-corrected chi connectivity index (χ2v) is 7.11. The van der Waals surface area contributed by atoms with Crippen molar-refractivity contribution in [2.24, 2.45) is 0 Å². The summed E-state index contributed by atoms with van der Waals surface area (Å²) in [5, 5.41) is 0. The normalized spacial score (nSPS) is 11.0. The third-order valence-electron chi connectivity index (χ3n) is 2.90. The first-order valence-electron chi connectivity index (χ1n) is 7.27. The molecule has 0 fully saturated rings. The molecule has 23 heavy (non-hydrogen) atoms. The molecule has 0 aliphatic heterocycles. The first-order valence-corrected chi connectivity index (χ1v) is 8.26. The molecular weight excluding hydrogens is 316 g/mol. The first-order chi connectivity index (χ1) is 10.7. The quantitative estimate of drug-likeness (QED) is 0.604. The van der Waals surface area contributed by atoms with E-state index < -0.39 is 11.7 Å². The summed E-state index contributed by atoms with van der Waals surface area (Å²) in [5.74, 6) is 0.908. The van der Waals surface area contributed by atoms with Crippen molar-refractivity contribution in [1.82, 2.24) is 4.98 Å². The molecule has 1 aromatic rings. The van der Waals surface area contributed by atoms with Crippen LogP contribution >= 0.6 is 11.8 Å². The fraction of sp³-hybridized carbons (Fsp3) is 0.562. The maximum absolute atomic E-state index is 12.2. The van der Waals surface area contributed by atoms with Crippen molar-refractivity contribution in [1.29, 1.82) is 0 Å². The van der Waals surface area contributed by atoms with Gasteiger partial charge in [-0.05, 0) is 33.8 Å². The predicted octanol–water partition coefficient (Wildman–Crippen LogP) is 3.42. The van der Waals surface area contributed by atoms with Crippen molar-refractivity contribution in [3.8, 4) is 0 Å². The summed E-state index contributed by atoms with van der Waals surface area (Å²) in [5.41, 5.74) is 0.308. The average Bonchev–Trinajstić information content (AvgIpc) is 2.46. The number of aromatic nitrogens is 1. The number of esters is 1. The topological polar surface area (TPSA) is 68.7 Å². The summed E-state index contributed by atoms with van der Waals surface area (Å²) in [7, 11) is 3.00. The van der Waals surface area contributed by atoms with Crippen LogP contribution < -0.4 is 4.90 Å². The molecule has 0 N–H and O–H groups in total. The van der Waals surface area contributed by atoms with Gasteiger partial charge in [-0.3, -0.25) is 9.69 Å². The molecule has 0 spiro atoms. The number of carbonyl (C=O) groups excluding carboxylic acids is 2. The Balaban J connectivity index is 2.82. The van der Waals surface area contributed by atoms with Crippen LogP contribution in [0.5, 0.6) is 0 Å². The number of hydrogen-bond donors (Lipinski definition) is 0. The Bertz CT molecular complexity index is 570. The van der Waals surface area contributed by atoms with Crippen LogP contribution in [0, 0.1) is 6.92 Å². The van der Waals surface area contributed by atoms with Gasteiger partial charge < -0.3 is 9.47 Å². The molecule has 0 aliphatic rings. The van der Waals surface area contributed by atoms with Gasteiger partial charge in [-0.2, -0.15) is 0 Å². The number of nitrogens with zero attached hydrogens (tertiary/aromatic N) is 2. The highest BCUT2D eigenvalue weighted by Crippen LogP contribution is 2.29. The van der Waals surface area contributed by atoms with Gasteiger partial charge in [0.05, 0.1) is 13.5 Å². The van der Waals surface area contributed by atoms with Gasteiger partial charge in [-0.15, -0.1) is 11.8 Å². The number of pyridine rings is 1. The minimum Gasteiger partial charge on any atom is -0.469 e. The Hall–Kier alpha value is -1.76. The lowest BCUT2D eigenvalue weighted by Crippen LogP contribution is -2.35. The molecule has 0 bridgehead atoms. The van der Waals surface area contributed by atoms with Crippen molar-refractivity contribution in [3.63, 3.8) is 0 Å². The summed E-state index contributed by atoms with van der Waals surface area (Å²) >= 11 is 1.53. The summed E-state index contributed by atoms with van der Waals surface area (Å²) < 4.78 is 9.98. The van der Waals surface area contributed by atoms with E-state index >= 15 is 0 Å². The van der Waals surface area contributed by atoms with Crippen LogP contribution in [0.2, 0.25) is 0 Å². The van der Waals surface area contributed by atoms with Crippen molar-refractivity contribution in [2.75, 3.05) is 24.8 Å². The number of hydrogen-bond acceptors (Lipinski definition) is 6. The van der Waals surface area contributed by atoms with Crippen LogP contribution in [0.25, 0.3) is 0 Å². The number of methoxy groups -OCH3 is 1. The van der Waals surface area contributed by atoms with Gasteiger partial charge in [0.25, 0.3) is 0 Å². The molecule has 128 valence electrons. The monoisotopic (exact) mass is 340 g/mol. The zero-order chi connectivity index (χ0) is 17.6. The third kappa shape index (κ3) is 6.09. The van der Waals surface area contributed by atoms with E-state index in [-0.39, 0.29) is 5.97 Å². The van der Waals surface area contributed by atoms with Gasteiger partial charge in [-0.25, -0.2) is 9.78 Å². The molecule has 7 heteroatoms. The fourth-order valence-corrected chi connectivity index (χ4v) is 2.72. The molecular formula is C16H24N2O4S. The second kappa shape index (κ2) is 8.19. The van der Waals surface area contributed by atoms with Crippen molar-refractivity contribution >= 4 is 29.6 Å². The largest absolute Gasteiger partial charge is 0.469 e. The van der Waals surface area contributed by atoms with Crippen LogP contribution in [-0.4, -0.2) is 42.6 Å². The van der Waals surface area contributed by atoms with Crippen LogP contribution in [0.3, 0.4) is 0 Å². The molecule has 0 aromatic carbocycles. The zero-order valence-corrected chi connectivity index (χ0v) is 15.3. The molecule has 0 atom stereocenters. The molecule has 1 amide bonds. The highest BCUT2D eigenvalue weighted by Gasteiger charge is 2.23. The standard InChI is InChI=1S/C16H24N2O4S/c1-11-12(23-10-8-13(19)21-6)7-9-17-14(11)18(5)15(20)22-16(2,3)4/h7,9H,8,10H2,1-6H3. The summed E-state index contributed by atoms with van der Waals surface area (Å²) in [6.07, 6.45) is 1.52. The van der Waals surface area contributed by atoms with Crippen LogP contribution in [0.15, 0.2) is 17.2 Å². The smallest absolute Gasteiger partial charge is 0.415 e. The van der Waals surface area contributed by atoms with E-state index in [1.54, 1.807) is 13.2 Å². The fourth-order valence-electron chi connectivity index (χ4n) is 1.77. The minimum absolute atomic E-state index is 0.240. The van der Waals surface area contributed by atoms with Crippen LogP contribution in [0.1, 0.15) is 32.8 Å². The van der Waals surface area contributed by atoms with Gasteiger partial charge in [0, 0.05) is 29.5 Å². The Morgan fingerprint density at radius 1 is 1.35 bits per heavy atom. The Labute approximate surface area is 141 Å². The number of carbonyl (C=O) groups is 2. The van der Waals surface area contributed by atoms with E-state index in [0.29, 0.717) is 18.0 Å². The van der Waals surface area contributed by atoms with Gasteiger partial charge >= 0.3 is 12.1 Å². The first kappa shape index (κ1) is 19.3. The molecule has 1 rings (SSSR count). The predicted molar refractivity (Wildman–Crippen MR) is 91.0 cm³/mol. The van der Waals surface area contributed by atoms with Crippen LogP contribution in [-0.2, 0) is 14.3 Å². The van der Waals surface area contributed by atoms with Crippen molar-refractivity contribution < 1.29 is 19.1 Å². The van der Waals surface area contributed by atoms with E-state index in [1.165, 1.54) is 23.8 Å². The van der Waals surface area contributed by atoms with Gasteiger partial charge in [-0.1, -0.05) is 0 Å². The maximum atomic E-state index is 12.2. The number of rotatable bonds is 5. The lowest BCUT2D eigenvalue weighted by atomic mass is 10.2. The number of ether oxygens (including phenoxy) is 2. The summed E-state index contributed by atoms with van der Waals surface area (Å²) in [6, 6.07) is 1.86. The van der Waals surface area contributed by atoms with Crippen LogP contribution in [0.4, 0.5) is 10.6 Å². The van der Waals surface area contributed by atoms with Gasteiger partial charge in [0.2, 0.25) is 0 Å². The average molecular weight is 340 g/mol. The molecule has 0 radical (unpaired) electrons. The van der Waals surface area contributed by atoms with Gasteiger partial charge in [0.1, 0.15) is 11.4 Å². The molecule has 0 saturated heterocycles. The van der Waals surface area contributed by atoms with E-state index in [1.807, 2.05) is 33.8 Å². The number of amides is 1. The minimum atomic E-state index is -0.563. The molecule has 0 saturated carbocycles. The van der Waals surface area contributed by atoms with E-state index in [0.717, 1.165) is 10.5 Å². The zero-order valence-electron chi connectivity index (χ0n) is 14.5. The van der Waals surface area contributed by atoms with E-state index in [4.69, 9.17) is 4.74 Å². The van der Waals surface area contributed by atoms with Gasteiger partial charge in [0.15, 0.2) is 0 Å². The summed E-state index contributed by atoms with van der Waals surface area (Å²) in [6.45, 7) is 7.35. The molecule has 1 heterocycles. The maximum Gasteiger partial charge on any atom is 0.415 e. The highest BCUT2D eigenvalue weighted by atomic mass is 32.2. The molecule has 6 nitrogen and oxygen atoms in total.